The predicted molar refractivity (Wildman–Crippen MR) is 82.9 cm³/mol. The number of nitrogens with one attached hydrogen (secondary N) is 1. The van der Waals surface area contributed by atoms with Gasteiger partial charge in [-0.1, -0.05) is 13.0 Å². The molecule has 1 aromatic rings. The molecule has 116 valence electrons. The van der Waals surface area contributed by atoms with Gasteiger partial charge in [-0.05, 0) is 31.2 Å². The van der Waals surface area contributed by atoms with E-state index in [0.717, 1.165) is 29.4 Å². The monoisotopic (exact) mass is 311 g/mol. The molecule has 0 aromatic heterocycles. The van der Waals surface area contributed by atoms with Gasteiger partial charge < -0.3 is 19.5 Å². The minimum absolute atomic E-state index is 0.163. The topological polar surface area (TPSA) is 56.8 Å². The summed E-state index contributed by atoms with van der Waals surface area (Å²) in [5.74, 6) is 2.58. The summed E-state index contributed by atoms with van der Waals surface area (Å²) < 4.78 is 15.7. The highest BCUT2D eigenvalue weighted by molar-refractivity contribution is 7.99. The number of thioether (sulfide) groups is 1. The van der Waals surface area contributed by atoms with Crippen molar-refractivity contribution in [1.82, 2.24) is 5.32 Å². The fourth-order valence-corrected chi connectivity index (χ4v) is 3.03. The lowest BCUT2D eigenvalue weighted by atomic mass is 10.1. The van der Waals surface area contributed by atoms with Gasteiger partial charge in [0.2, 0.25) is 6.79 Å². The molecule has 0 aliphatic carbocycles. The molecule has 1 N–H and O–H groups in total. The van der Waals surface area contributed by atoms with E-state index in [2.05, 4.69) is 12.2 Å². The van der Waals surface area contributed by atoms with Crippen molar-refractivity contribution in [3.05, 3.63) is 23.8 Å². The van der Waals surface area contributed by atoms with Crippen LogP contribution in [0.1, 0.15) is 25.5 Å². The Hall–Kier alpha value is -1.40. The normalized spacial score (nSPS) is 14.0. The van der Waals surface area contributed by atoms with Crippen molar-refractivity contribution in [2.45, 2.75) is 19.9 Å². The van der Waals surface area contributed by atoms with E-state index < -0.39 is 0 Å². The van der Waals surface area contributed by atoms with Crippen molar-refractivity contribution >= 4 is 17.7 Å². The molecular weight excluding hydrogens is 290 g/mol. The third-order valence-corrected chi connectivity index (χ3v) is 4.07. The first kappa shape index (κ1) is 16.0. The van der Waals surface area contributed by atoms with Crippen LogP contribution in [0.3, 0.4) is 0 Å². The number of hydrogen-bond donors (Lipinski definition) is 1. The van der Waals surface area contributed by atoms with E-state index in [1.165, 1.54) is 0 Å². The molecule has 1 aromatic carbocycles. The SMILES string of the molecule is CCNC(CSCC(=O)OCC)c1ccc2c(c1)OCO2. The van der Waals surface area contributed by atoms with Crippen LogP contribution in [-0.2, 0) is 9.53 Å². The van der Waals surface area contributed by atoms with E-state index in [9.17, 15) is 4.79 Å². The standard InChI is InChI=1S/C15H21NO4S/c1-3-16-12(8-21-9-15(17)18-4-2)11-5-6-13-14(7-11)20-10-19-13/h5-7,12,16H,3-4,8-10H2,1-2H3. The second-order valence-electron chi connectivity index (χ2n) is 4.54. The van der Waals surface area contributed by atoms with Crippen molar-refractivity contribution in [2.24, 2.45) is 0 Å². The summed E-state index contributed by atoms with van der Waals surface area (Å²) in [5.41, 5.74) is 1.14. The third-order valence-electron chi connectivity index (χ3n) is 3.06. The van der Waals surface area contributed by atoms with Crippen LogP contribution in [0.5, 0.6) is 11.5 Å². The zero-order chi connectivity index (χ0) is 15.1. The second-order valence-corrected chi connectivity index (χ2v) is 5.57. The smallest absolute Gasteiger partial charge is 0.315 e. The van der Waals surface area contributed by atoms with Gasteiger partial charge in [-0.2, -0.15) is 0 Å². The minimum Gasteiger partial charge on any atom is -0.465 e. The maximum atomic E-state index is 11.4. The van der Waals surface area contributed by atoms with E-state index in [1.807, 2.05) is 25.1 Å². The number of benzene rings is 1. The van der Waals surface area contributed by atoms with Gasteiger partial charge in [0.15, 0.2) is 11.5 Å². The zero-order valence-electron chi connectivity index (χ0n) is 12.4. The number of ether oxygens (including phenoxy) is 3. The summed E-state index contributed by atoms with van der Waals surface area (Å²) >= 11 is 1.57. The highest BCUT2D eigenvalue weighted by Gasteiger charge is 2.18. The van der Waals surface area contributed by atoms with Gasteiger partial charge in [-0.3, -0.25) is 4.79 Å². The average molecular weight is 311 g/mol. The van der Waals surface area contributed by atoms with Gasteiger partial charge in [0.1, 0.15) is 0 Å². The summed E-state index contributed by atoms with van der Waals surface area (Å²) in [4.78, 5) is 11.4. The second kappa shape index (κ2) is 8.14. The van der Waals surface area contributed by atoms with E-state index >= 15 is 0 Å². The molecule has 1 aliphatic rings. The summed E-state index contributed by atoms with van der Waals surface area (Å²) in [5, 5.41) is 3.43. The van der Waals surface area contributed by atoms with Crippen molar-refractivity contribution in [3.8, 4) is 11.5 Å². The molecule has 0 bridgehead atoms. The predicted octanol–water partition coefficient (Wildman–Crippen LogP) is 2.36. The van der Waals surface area contributed by atoms with Crippen molar-refractivity contribution in [3.63, 3.8) is 0 Å². The van der Waals surface area contributed by atoms with Gasteiger partial charge in [0, 0.05) is 11.8 Å². The molecule has 6 heteroatoms. The van der Waals surface area contributed by atoms with Gasteiger partial charge in [-0.25, -0.2) is 0 Å². The molecule has 0 amide bonds. The third kappa shape index (κ3) is 4.54. The number of carbonyl (C=O) groups excluding carboxylic acids is 1. The van der Waals surface area contributed by atoms with E-state index in [0.29, 0.717) is 12.4 Å². The van der Waals surface area contributed by atoms with Crippen LogP contribution in [0.2, 0.25) is 0 Å². The maximum Gasteiger partial charge on any atom is 0.315 e. The molecular formula is C15H21NO4S. The molecule has 1 unspecified atom stereocenters. The zero-order valence-corrected chi connectivity index (χ0v) is 13.2. The molecule has 5 nitrogen and oxygen atoms in total. The molecule has 1 heterocycles. The first-order chi connectivity index (χ1) is 10.2. The summed E-state index contributed by atoms with van der Waals surface area (Å²) in [7, 11) is 0. The van der Waals surface area contributed by atoms with E-state index in [4.69, 9.17) is 14.2 Å². The fourth-order valence-electron chi connectivity index (χ4n) is 2.11. The van der Waals surface area contributed by atoms with Crippen LogP contribution in [0.4, 0.5) is 0 Å². The summed E-state index contributed by atoms with van der Waals surface area (Å²) in [6, 6.07) is 6.13. The number of esters is 1. The highest BCUT2D eigenvalue weighted by Crippen LogP contribution is 2.34. The lowest BCUT2D eigenvalue weighted by Gasteiger charge is -2.18. The molecule has 2 rings (SSSR count). The van der Waals surface area contributed by atoms with Gasteiger partial charge in [0.05, 0.1) is 12.4 Å². The number of hydrogen-bond acceptors (Lipinski definition) is 6. The Bertz CT molecular complexity index is 481. The molecule has 1 aliphatic heterocycles. The Balaban J connectivity index is 1.93. The molecule has 0 fully saturated rings. The van der Waals surface area contributed by atoms with Crippen molar-refractivity contribution in [2.75, 3.05) is 31.5 Å². The molecule has 0 saturated carbocycles. The Labute approximate surface area is 129 Å². The van der Waals surface area contributed by atoms with Crippen LogP contribution < -0.4 is 14.8 Å². The Morgan fingerprint density at radius 3 is 2.95 bits per heavy atom. The van der Waals surface area contributed by atoms with Crippen LogP contribution in [-0.4, -0.2) is 37.4 Å². The quantitative estimate of drug-likeness (QED) is 0.744. The number of carbonyl (C=O) groups is 1. The molecule has 0 saturated heterocycles. The molecule has 0 radical (unpaired) electrons. The Kier molecular flexibility index (Phi) is 6.20. The highest BCUT2D eigenvalue weighted by atomic mass is 32.2. The van der Waals surface area contributed by atoms with Crippen LogP contribution in [0.25, 0.3) is 0 Å². The Morgan fingerprint density at radius 2 is 2.19 bits per heavy atom. The van der Waals surface area contributed by atoms with Gasteiger partial charge >= 0.3 is 5.97 Å². The first-order valence-corrected chi connectivity index (χ1v) is 8.26. The van der Waals surface area contributed by atoms with Crippen LogP contribution in [0.15, 0.2) is 18.2 Å². The summed E-state index contributed by atoms with van der Waals surface area (Å²) in [6.45, 7) is 5.45. The summed E-state index contributed by atoms with van der Waals surface area (Å²) in [6.07, 6.45) is 0. The minimum atomic E-state index is -0.163. The van der Waals surface area contributed by atoms with Gasteiger partial charge in [0.25, 0.3) is 0 Å². The van der Waals surface area contributed by atoms with Crippen LogP contribution >= 0.6 is 11.8 Å². The van der Waals surface area contributed by atoms with Gasteiger partial charge in [-0.15, -0.1) is 11.8 Å². The lowest BCUT2D eigenvalue weighted by Crippen LogP contribution is -2.23. The number of rotatable bonds is 8. The first-order valence-electron chi connectivity index (χ1n) is 7.10. The largest absolute Gasteiger partial charge is 0.465 e. The van der Waals surface area contributed by atoms with E-state index in [-0.39, 0.29) is 18.8 Å². The fraction of sp³-hybridized carbons (Fsp3) is 0.533. The van der Waals surface area contributed by atoms with Crippen LogP contribution in [0, 0.1) is 0 Å². The number of fused-ring (bicyclic) bond motifs is 1. The van der Waals surface area contributed by atoms with Crippen molar-refractivity contribution < 1.29 is 19.0 Å². The van der Waals surface area contributed by atoms with Crippen molar-refractivity contribution in [1.29, 1.82) is 0 Å². The molecule has 0 spiro atoms. The Morgan fingerprint density at radius 1 is 1.38 bits per heavy atom. The molecule has 1 atom stereocenters. The average Bonchev–Trinajstić information content (AvgIpc) is 2.94. The van der Waals surface area contributed by atoms with E-state index in [1.54, 1.807) is 11.8 Å². The lowest BCUT2D eigenvalue weighted by molar-refractivity contribution is -0.139. The molecule has 21 heavy (non-hydrogen) atoms. The maximum absolute atomic E-state index is 11.4.